The van der Waals surface area contributed by atoms with E-state index in [0.29, 0.717) is 16.9 Å². The minimum atomic E-state index is -0.289. The molecule has 4 rings (SSSR count). The molecule has 0 atom stereocenters. The predicted molar refractivity (Wildman–Crippen MR) is 95.1 cm³/mol. The molecule has 3 aromatic rings. The minimum absolute atomic E-state index is 0.146. The Morgan fingerprint density at radius 3 is 2.79 bits per heavy atom. The van der Waals surface area contributed by atoms with Crippen LogP contribution in [0.2, 0.25) is 0 Å². The monoisotopic (exact) mass is 317 g/mol. The second-order valence-corrected chi connectivity index (χ2v) is 5.88. The van der Waals surface area contributed by atoms with Crippen LogP contribution in [0.25, 0.3) is 29.0 Å². The topological polar surface area (TPSA) is 73.3 Å². The summed E-state index contributed by atoms with van der Waals surface area (Å²) in [6.07, 6.45) is 6.36. The van der Waals surface area contributed by atoms with Crippen molar-refractivity contribution in [2.45, 2.75) is 6.42 Å². The van der Waals surface area contributed by atoms with Crippen LogP contribution in [0.4, 0.5) is 0 Å². The Morgan fingerprint density at radius 1 is 1.08 bits per heavy atom. The Labute approximate surface area is 137 Å². The van der Waals surface area contributed by atoms with Gasteiger partial charge in [-0.15, -0.1) is 0 Å². The molecule has 1 aliphatic rings. The molecule has 0 saturated carbocycles. The van der Waals surface area contributed by atoms with E-state index >= 15 is 0 Å². The number of pyridine rings is 1. The number of H-pyrrole nitrogens is 1. The first kappa shape index (κ1) is 14.3. The zero-order chi connectivity index (χ0) is 16.7. The van der Waals surface area contributed by atoms with Crippen molar-refractivity contribution in [3.63, 3.8) is 0 Å². The lowest BCUT2D eigenvalue weighted by molar-refractivity contribution is 0.450. The number of aromatic amines is 1. The van der Waals surface area contributed by atoms with Crippen molar-refractivity contribution < 1.29 is 10.2 Å². The molecule has 2 aromatic carbocycles. The van der Waals surface area contributed by atoms with Crippen molar-refractivity contribution >= 4 is 29.0 Å². The number of aromatic nitrogens is 1. The van der Waals surface area contributed by atoms with Gasteiger partial charge in [-0.2, -0.15) is 0 Å². The van der Waals surface area contributed by atoms with Crippen LogP contribution in [0.5, 0.6) is 11.6 Å². The van der Waals surface area contributed by atoms with E-state index in [-0.39, 0.29) is 17.2 Å². The van der Waals surface area contributed by atoms with Crippen LogP contribution in [0.1, 0.15) is 12.0 Å². The van der Waals surface area contributed by atoms with E-state index in [2.05, 4.69) is 4.98 Å². The Hall–Kier alpha value is -3.27. The van der Waals surface area contributed by atoms with Crippen LogP contribution in [0, 0.1) is 0 Å². The minimum Gasteiger partial charge on any atom is -0.508 e. The standard InChI is InChI=1S/C20H15NO3/c22-16-9-13-3-1-2-4-17(13)14(10-16)7-12-5-6-18-15(8-12)11-19(23)21-20(18)24/h1-4,6-11,22-23H,5H2,(H,21,24). The maximum atomic E-state index is 11.8. The fraction of sp³-hybridized carbons (Fsp3) is 0.0500. The maximum Gasteiger partial charge on any atom is 0.258 e. The van der Waals surface area contributed by atoms with E-state index in [9.17, 15) is 15.0 Å². The molecule has 4 nitrogen and oxygen atoms in total. The first-order valence-corrected chi connectivity index (χ1v) is 7.67. The average molecular weight is 317 g/mol. The maximum absolute atomic E-state index is 11.8. The highest BCUT2D eigenvalue weighted by Gasteiger charge is 2.06. The van der Waals surface area contributed by atoms with Gasteiger partial charge < -0.3 is 10.2 Å². The van der Waals surface area contributed by atoms with Crippen molar-refractivity contribution in [2.24, 2.45) is 0 Å². The van der Waals surface area contributed by atoms with E-state index < -0.39 is 0 Å². The molecular weight excluding hydrogens is 302 g/mol. The number of nitrogens with one attached hydrogen (secondary N) is 1. The van der Waals surface area contributed by atoms with E-state index in [4.69, 9.17) is 0 Å². The van der Waals surface area contributed by atoms with Crippen LogP contribution in [-0.4, -0.2) is 15.2 Å². The number of rotatable bonds is 1. The number of phenols is 1. The van der Waals surface area contributed by atoms with Gasteiger partial charge in [-0.25, -0.2) is 0 Å². The molecule has 1 aromatic heterocycles. The Balaban J connectivity index is 1.92. The Morgan fingerprint density at radius 2 is 1.92 bits per heavy atom. The van der Waals surface area contributed by atoms with Crippen molar-refractivity contribution in [2.75, 3.05) is 0 Å². The summed E-state index contributed by atoms with van der Waals surface area (Å²) in [5, 5.41) is 22.8. The average Bonchev–Trinajstić information content (AvgIpc) is 2.54. The van der Waals surface area contributed by atoms with Crippen LogP contribution >= 0.6 is 0 Å². The SMILES string of the molecule is O=c1[nH]c(O)cc2c1=CCC(=Cc1cc(O)cc3ccccc13)C=2. The summed E-state index contributed by atoms with van der Waals surface area (Å²) in [5.74, 6) is 0.0716. The zero-order valence-electron chi connectivity index (χ0n) is 12.8. The second kappa shape index (κ2) is 5.42. The first-order valence-electron chi connectivity index (χ1n) is 7.67. The van der Waals surface area contributed by atoms with Crippen LogP contribution in [0.15, 0.2) is 52.8 Å². The van der Waals surface area contributed by atoms with Crippen LogP contribution < -0.4 is 16.0 Å². The molecule has 0 amide bonds. The molecule has 118 valence electrons. The molecule has 0 fully saturated rings. The van der Waals surface area contributed by atoms with Gasteiger partial charge in [-0.1, -0.05) is 42.5 Å². The van der Waals surface area contributed by atoms with E-state index in [1.807, 2.05) is 42.5 Å². The van der Waals surface area contributed by atoms with Gasteiger partial charge in [0.2, 0.25) is 0 Å². The van der Waals surface area contributed by atoms with Gasteiger partial charge in [0.25, 0.3) is 5.56 Å². The number of hydrogen-bond donors (Lipinski definition) is 3. The van der Waals surface area contributed by atoms with E-state index in [0.717, 1.165) is 21.9 Å². The van der Waals surface area contributed by atoms with Gasteiger partial charge in [0.1, 0.15) is 5.75 Å². The fourth-order valence-corrected chi connectivity index (χ4v) is 3.13. The summed E-state index contributed by atoms with van der Waals surface area (Å²) in [7, 11) is 0. The molecule has 4 heteroatoms. The van der Waals surface area contributed by atoms with E-state index in [1.54, 1.807) is 18.2 Å². The van der Waals surface area contributed by atoms with Crippen LogP contribution in [-0.2, 0) is 0 Å². The molecule has 0 bridgehead atoms. The third-order valence-corrected chi connectivity index (χ3v) is 4.19. The first-order chi connectivity index (χ1) is 11.6. The molecular formula is C20H15NO3. The smallest absolute Gasteiger partial charge is 0.258 e. The molecule has 0 radical (unpaired) electrons. The lowest BCUT2D eigenvalue weighted by atomic mass is 9.98. The molecule has 0 saturated heterocycles. The van der Waals surface area contributed by atoms with Gasteiger partial charge in [-0.05, 0) is 45.7 Å². The van der Waals surface area contributed by atoms with Gasteiger partial charge in [0, 0.05) is 11.3 Å². The number of hydrogen-bond acceptors (Lipinski definition) is 3. The number of allylic oxidation sites excluding steroid dienone is 1. The summed E-state index contributed by atoms with van der Waals surface area (Å²) in [5.41, 5.74) is 1.63. The van der Waals surface area contributed by atoms with Gasteiger partial charge in [-0.3, -0.25) is 9.78 Å². The lowest BCUT2D eigenvalue weighted by Crippen LogP contribution is -2.41. The number of aromatic hydroxyl groups is 2. The summed E-state index contributed by atoms with van der Waals surface area (Å²) in [4.78, 5) is 14.2. The summed E-state index contributed by atoms with van der Waals surface area (Å²) >= 11 is 0. The highest BCUT2D eigenvalue weighted by Crippen LogP contribution is 2.27. The zero-order valence-corrected chi connectivity index (χ0v) is 12.8. The van der Waals surface area contributed by atoms with Gasteiger partial charge in [0.15, 0.2) is 5.88 Å². The summed E-state index contributed by atoms with van der Waals surface area (Å²) in [6.45, 7) is 0. The molecule has 1 aliphatic carbocycles. The quantitative estimate of drug-likeness (QED) is 0.642. The van der Waals surface area contributed by atoms with Crippen molar-refractivity contribution in [3.05, 3.63) is 74.4 Å². The number of phenolic OH excluding ortho intramolecular Hbond substituents is 1. The predicted octanol–water partition coefficient (Wildman–Crippen LogP) is 1.99. The number of fused-ring (bicyclic) bond motifs is 2. The number of benzene rings is 2. The van der Waals surface area contributed by atoms with Crippen molar-refractivity contribution in [3.8, 4) is 11.6 Å². The second-order valence-electron chi connectivity index (χ2n) is 5.88. The van der Waals surface area contributed by atoms with Gasteiger partial charge in [0.05, 0.1) is 0 Å². The Bertz CT molecular complexity index is 1170. The van der Waals surface area contributed by atoms with Crippen molar-refractivity contribution in [1.82, 2.24) is 4.98 Å². The van der Waals surface area contributed by atoms with E-state index in [1.165, 1.54) is 0 Å². The van der Waals surface area contributed by atoms with Crippen molar-refractivity contribution in [1.29, 1.82) is 0 Å². The largest absolute Gasteiger partial charge is 0.508 e. The fourth-order valence-electron chi connectivity index (χ4n) is 3.13. The normalized spacial score (nSPS) is 14.9. The highest BCUT2D eigenvalue weighted by atomic mass is 16.3. The molecule has 0 aliphatic heterocycles. The molecule has 24 heavy (non-hydrogen) atoms. The lowest BCUT2D eigenvalue weighted by Gasteiger charge is -2.08. The molecule has 0 unspecified atom stereocenters. The summed E-state index contributed by atoms with van der Waals surface area (Å²) < 4.78 is 0. The molecule has 0 spiro atoms. The molecule has 1 heterocycles. The summed E-state index contributed by atoms with van der Waals surface area (Å²) in [6, 6.07) is 12.9. The van der Waals surface area contributed by atoms with Crippen LogP contribution in [0.3, 0.4) is 0 Å². The Kier molecular flexibility index (Phi) is 3.24. The third kappa shape index (κ3) is 2.48. The molecule has 3 N–H and O–H groups in total. The highest BCUT2D eigenvalue weighted by molar-refractivity contribution is 5.93. The third-order valence-electron chi connectivity index (χ3n) is 4.19. The van der Waals surface area contributed by atoms with Gasteiger partial charge >= 0.3 is 0 Å².